The van der Waals surface area contributed by atoms with Crippen LogP contribution in [0.2, 0.25) is 0 Å². The Labute approximate surface area is 109 Å². The van der Waals surface area contributed by atoms with E-state index in [1.54, 1.807) is 0 Å². The van der Waals surface area contributed by atoms with Crippen LogP contribution in [0.3, 0.4) is 0 Å². The highest BCUT2D eigenvalue weighted by Crippen LogP contribution is 2.39. The number of nitrogens with zero attached hydrogens (tertiary/aromatic N) is 1. The van der Waals surface area contributed by atoms with Crippen molar-refractivity contribution < 1.29 is 4.79 Å². The molecule has 0 aromatic heterocycles. The molecule has 0 radical (unpaired) electrons. The van der Waals surface area contributed by atoms with Gasteiger partial charge in [0, 0.05) is 24.7 Å². The van der Waals surface area contributed by atoms with Gasteiger partial charge in [-0.05, 0) is 30.4 Å². The Kier molecular flexibility index (Phi) is 3.90. The van der Waals surface area contributed by atoms with Crippen LogP contribution in [0.15, 0.2) is 24.3 Å². The number of hydrogen-bond donors (Lipinski definition) is 1. The van der Waals surface area contributed by atoms with Crippen molar-refractivity contribution in [1.29, 1.82) is 0 Å². The second kappa shape index (κ2) is 5.42. The molecule has 0 saturated heterocycles. The SMILES string of the molecule is CCCN(Cc1ccccc1N)C(=O)C1CC1C. The number of rotatable bonds is 5. The van der Waals surface area contributed by atoms with Gasteiger partial charge in [-0.3, -0.25) is 4.79 Å². The Morgan fingerprint density at radius 1 is 1.44 bits per heavy atom. The predicted molar refractivity (Wildman–Crippen MR) is 73.8 cm³/mol. The van der Waals surface area contributed by atoms with Gasteiger partial charge in [-0.25, -0.2) is 0 Å². The number of carbonyl (C=O) groups is 1. The van der Waals surface area contributed by atoms with Crippen molar-refractivity contribution in [2.75, 3.05) is 12.3 Å². The summed E-state index contributed by atoms with van der Waals surface area (Å²) in [5.74, 6) is 1.11. The summed E-state index contributed by atoms with van der Waals surface area (Å²) in [6, 6.07) is 7.79. The van der Waals surface area contributed by atoms with Crippen molar-refractivity contribution in [2.45, 2.75) is 33.2 Å². The fourth-order valence-electron chi connectivity index (χ4n) is 2.32. The molecule has 1 saturated carbocycles. The molecule has 1 aliphatic carbocycles. The zero-order valence-electron chi connectivity index (χ0n) is 11.2. The van der Waals surface area contributed by atoms with Crippen molar-refractivity contribution in [2.24, 2.45) is 11.8 Å². The van der Waals surface area contributed by atoms with Gasteiger partial charge >= 0.3 is 0 Å². The number of nitrogens with two attached hydrogens (primary N) is 1. The Hall–Kier alpha value is -1.51. The molecule has 1 amide bonds. The molecule has 1 aromatic carbocycles. The molecule has 1 aliphatic rings. The van der Waals surface area contributed by atoms with E-state index in [1.165, 1.54) is 0 Å². The van der Waals surface area contributed by atoms with Gasteiger partial charge in [-0.15, -0.1) is 0 Å². The van der Waals surface area contributed by atoms with Crippen LogP contribution in [0.25, 0.3) is 0 Å². The number of benzene rings is 1. The molecule has 0 bridgehead atoms. The minimum Gasteiger partial charge on any atom is -0.398 e. The van der Waals surface area contributed by atoms with E-state index in [-0.39, 0.29) is 5.92 Å². The van der Waals surface area contributed by atoms with Crippen LogP contribution in [-0.2, 0) is 11.3 Å². The van der Waals surface area contributed by atoms with Gasteiger partial charge in [0.15, 0.2) is 0 Å². The normalized spacial score (nSPS) is 21.7. The average Bonchev–Trinajstić information content (AvgIpc) is 3.08. The molecule has 0 aliphatic heterocycles. The van der Waals surface area contributed by atoms with Gasteiger partial charge < -0.3 is 10.6 Å². The van der Waals surface area contributed by atoms with Crippen molar-refractivity contribution >= 4 is 11.6 Å². The molecule has 0 heterocycles. The third kappa shape index (κ3) is 2.84. The lowest BCUT2D eigenvalue weighted by atomic mass is 10.1. The van der Waals surface area contributed by atoms with Crippen LogP contribution in [-0.4, -0.2) is 17.4 Å². The molecule has 98 valence electrons. The molecule has 18 heavy (non-hydrogen) atoms. The minimum absolute atomic E-state index is 0.251. The monoisotopic (exact) mass is 246 g/mol. The standard InChI is InChI=1S/C15H22N2O/c1-3-8-17(15(18)13-9-11(13)2)10-12-6-4-5-7-14(12)16/h4-7,11,13H,3,8-10,16H2,1-2H3. The third-order valence-corrected chi connectivity index (χ3v) is 3.65. The lowest BCUT2D eigenvalue weighted by Gasteiger charge is -2.23. The first-order chi connectivity index (χ1) is 8.63. The molecule has 1 aromatic rings. The fraction of sp³-hybridized carbons (Fsp3) is 0.533. The zero-order valence-corrected chi connectivity index (χ0v) is 11.2. The molecule has 2 rings (SSSR count). The molecular weight excluding hydrogens is 224 g/mol. The Morgan fingerprint density at radius 3 is 2.67 bits per heavy atom. The summed E-state index contributed by atoms with van der Waals surface area (Å²) in [4.78, 5) is 14.3. The molecule has 3 nitrogen and oxygen atoms in total. The topological polar surface area (TPSA) is 46.3 Å². The smallest absolute Gasteiger partial charge is 0.226 e. The van der Waals surface area contributed by atoms with E-state index in [4.69, 9.17) is 5.73 Å². The number of carbonyl (C=O) groups excluding carboxylic acids is 1. The van der Waals surface area contributed by atoms with Gasteiger partial charge in [0.05, 0.1) is 0 Å². The summed E-state index contributed by atoms with van der Waals surface area (Å²) in [5.41, 5.74) is 7.77. The maximum Gasteiger partial charge on any atom is 0.226 e. The summed E-state index contributed by atoms with van der Waals surface area (Å²) in [6.07, 6.45) is 2.03. The second-order valence-electron chi connectivity index (χ2n) is 5.28. The molecule has 2 atom stereocenters. The zero-order chi connectivity index (χ0) is 13.1. The van der Waals surface area contributed by atoms with E-state index >= 15 is 0 Å². The summed E-state index contributed by atoms with van der Waals surface area (Å²) >= 11 is 0. The number of anilines is 1. The van der Waals surface area contributed by atoms with Gasteiger partial charge in [0.25, 0.3) is 0 Å². The number of para-hydroxylation sites is 1. The largest absolute Gasteiger partial charge is 0.398 e. The highest BCUT2D eigenvalue weighted by atomic mass is 16.2. The predicted octanol–water partition coefficient (Wildman–Crippen LogP) is 2.66. The maximum atomic E-state index is 12.3. The van der Waals surface area contributed by atoms with Crippen LogP contribution in [0.4, 0.5) is 5.69 Å². The Bertz CT molecular complexity index is 430. The average molecular weight is 246 g/mol. The second-order valence-corrected chi connectivity index (χ2v) is 5.28. The van der Waals surface area contributed by atoms with E-state index in [9.17, 15) is 4.79 Å². The van der Waals surface area contributed by atoms with Crippen LogP contribution in [0, 0.1) is 11.8 Å². The number of amides is 1. The molecule has 2 unspecified atom stereocenters. The molecule has 0 spiro atoms. The molecule has 2 N–H and O–H groups in total. The summed E-state index contributed by atoms with van der Waals surface area (Å²) < 4.78 is 0. The lowest BCUT2D eigenvalue weighted by molar-refractivity contribution is -0.133. The summed E-state index contributed by atoms with van der Waals surface area (Å²) in [6.45, 7) is 5.70. The minimum atomic E-state index is 0.251. The first kappa shape index (κ1) is 12.9. The van der Waals surface area contributed by atoms with Crippen molar-refractivity contribution in [3.8, 4) is 0 Å². The highest BCUT2D eigenvalue weighted by Gasteiger charge is 2.41. The van der Waals surface area contributed by atoms with E-state index in [2.05, 4.69) is 13.8 Å². The van der Waals surface area contributed by atoms with Gasteiger partial charge in [-0.1, -0.05) is 32.0 Å². The van der Waals surface area contributed by atoms with E-state index in [1.807, 2.05) is 29.2 Å². The molecule has 3 heteroatoms. The fourth-order valence-corrected chi connectivity index (χ4v) is 2.32. The van der Waals surface area contributed by atoms with Gasteiger partial charge in [0.2, 0.25) is 5.91 Å². The number of hydrogen-bond acceptors (Lipinski definition) is 2. The molecular formula is C15H22N2O. The van der Waals surface area contributed by atoms with Crippen LogP contribution >= 0.6 is 0 Å². The van der Waals surface area contributed by atoms with Gasteiger partial charge in [-0.2, -0.15) is 0 Å². The van der Waals surface area contributed by atoms with Crippen molar-refractivity contribution in [3.63, 3.8) is 0 Å². The first-order valence-electron chi connectivity index (χ1n) is 6.75. The van der Waals surface area contributed by atoms with E-state index in [0.29, 0.717) is 18.4 Å². The van der Waals surface area contributed by atoms with Crippen molar-refractivity contribution in [1.82, 2.24) is 4.90 Å². The molecule has 1 fully saturated rings. The summed E-state index contributed by atoms with van der Waals surface area (Å²) in [5, 5.41) is 0. The quantitative estimate of drug-likeness (QED) is 0.812. The summed E-state index contributed by atoms with van der Waals surface area (Å²) in [7, 11) is 0. The highest BCUT2D eigenvalue weighted by molar-refractivity contribution is 5.81. The lowest BCUT2D eigenvalue weighted by Crippen LogP contribution is -2.33. The van der Waals surface area contributed by atoms with E-state index in [0.717, 1.165) is 30.6 Å². The van der Waals surface area contributed by atoms with E-state index < -0.39 is 0 Å². The van der Waals surface area contributed by atoms with Gasteiger partial charge in [0.1, 0.15) is 0 Å². The maximum absolute atomic E-state index is 12.3. The first-order valence-corrected chi connectivity index (χ1v) is 6.75. The van der Waals surface area contributed by atoms with Crippen LogP contribution in [0.5, 0.6) is 0 Å². The van der Waals surface area contributed by atoms with Crippen molar-refractivity contribution in [3.05, 3.63) is 29.8 Å². The van der Waals surface area contributed by atoms with Crippen LogP contribution in [0.1, 0.15) is 32.3 Å². The third-order valence-electron chi connectivity index (χ3n) is 3.65. The Morgan fingerprint density at radius 2 is 2.11 bits per heavy atom. The number of nitrogen functional groups attached to an aromatic ring is 1. The Balaban J connectivity index is 2.06. The van der Waals surface area contributed by atoms with Crippen LogP contribution < -0.4 is 5.73 Å².